The van der Waals surface area contributed by atoms with Crippen LogP contribution in [0, 0.1) is 0 Å². The van der Waals surface area contributed by atoms with Gasteiger partial charge in [-0.15, -0.1) is 11.3 Å². The standard InChI is InChI=1S/C14H17N3O3S/c1-9(13(18)16-14(19)20-3)17(2)8-12-15-10-6-4-5-7-11(10)21-12/h4-7,9H,8H2,1-3H3,(H,16,18,19)/t9-/m0/s1. The predicted molar refractivity (Wildman–Crippen MR) is 81.1 cm³/mol. The van der Waals surface area contributed by atoms with Gasteiger partial charge in [0.2, 0.25) is 5.91 Å². The van der Waals surface area contributed by atoms with Gasteiger partial charge in [-0.1, -0.05) is 12.1 Å². The Kier molecular flexibility index (Phi) is 4.87. The Hall–Kier alpha value is -1.99. The first kappa shape index (κ1) is 15.4. The summed E-state index contributed by atoms with van der Waals surface area (Å²) in [4.78, 5) is 29.2. The highest BCUT2D eigenvalue weighted by Gasteiger charge is 2.21. The summed E-state index contributed by atoms with van der Waals surface area (Å²) < 4.78 is 5.53. The number of benzene rings is 1. The van der Waals surface area contributed by atoms with Crippen molar-refractivity contribution in [3.05, 3.63) is 29.3 Å². The summed E-state index contributed by atoms with van der Waals surface area (Å²) >= 11 is 1.60. The Morgan fingerprint density at radius 2 is 2.14 bits per heavy atom. The third kappa shape index (κ3) is 3.77. The molecule has 0 saturated carbocycles. The Morgan fingerprint density at radius 3 is 2.81 bits per heavy atom. The van der Waals surface area contributed by atoms with Crippen LogP contribution in [-0.4, -0.2) is 42.1 Å². The molecule has 0 aliphatic carbocycles. The summed E-state index contributed by atoms with van der Waals surface area (Å²) in [5, 5.41) is 3.09. The molecule has 0 aliphatic rings. The zero-order chi connectivity index (χ0) is 15.4. The van der Waals surface area contributed by atoms with Gasteiger partial charge < -0.3 is 4.74 Å². The molecule has 1 N–H and O–H groups in total. The molecular formula is C14H17N3O3S. The van der Waals surface area contributed by atoms with Crippen molar-refractivity contribution >= 4 is 33.6 Å². The Bertz CT molecular complexity index is 623. The zero-order valence-electron chi connectivity index (χ0n) is 12.1. The molecule has 6 nitrogen and oxygen atoms in total. The highest BCUT2D eigenvalue weighted by Crippen LogP contribution is 2.22. The Morgan fingerprint density at radius 1 is 1.43 bits per heavy atom. The molecule has 0 radical (unpaired) electrons. The lowest BCUT2D eigenvalue weighted by atomic mass is 10.3. The van der Waals surface area contributed by atoms with Crippen molar-refractivity contribution in [1.82, 2.24) is 15.2 Å². The summed E-state index contributed by atoms with van der Waals surface area (Å²) in [5.41, 5.74) is 0.956. The number of carbonyl (C=O) groups excluding carboxylic acids is 2. The van der Waals surface area contributed by atoms with E-state index in [2.05, 4.69) is 15.0 Å². The Labute approximate surface area is 126 Å². The number of alkyl carbamates (subject to hydrolysis) is 1. The van der Waals surface area contributed by atoms with Gasteiger partial charge in [-0.2, -0.15) is 0 Å². The van der Waals surface area contributed by atoms with Gasteiger partial charge in [0.15, 0.2) is 0 Å². The van der Waals surface area contributed by atoms with Crippen LogP contribution in [-0.2, 0) is 16.1 Å². The summed E-state index contributed by atoms with van der Waals surface area (Å²) in [6.45, 7) is 2.26. The van der Waals surface area contributed by atoms with Gasteiger partial charge in [-0.25, -0.2) is 9.78 Å². The molecule has 21 heavy (non-hydrogen) atoms. The number of thiazole rings is 1. The molecule has 0 fully saturated rings. The third-order valence-electron chi connectivity index (χ3n) is 3.17. The first-order chi connectivity index (χ1) is 10.0. The van der Waals surface area contributed by atoms with Crippen molar-refractivity contribution in [2.24, 2.45) is 0 Å². The molecule has 1 heterocycles. The second kappa shape index (κ2) is 6.64. The lowest BCUT2D eigenvalue weighted by Crippen LogP contribution is -2.45. The van der Waals surface area contributed by atoms with Crippen LogP contribution in [0.25, 0.3) is 10.2 Å². The fourth-order valence-corrected chi connectivity index (χ4v) is 2.82. The summed E-state index contributed by atoms with van der Waals surface area (Å²) in [7, 11) is 3.03. The molecule has 0 saturated heterocycles. The maximum atomic E-state index is 11.8. The molecular weight excluding hydrogens is 290 g/mol. The lowest BCUT2D eigenvalue weighted by Gasteiger charge is -2.22. The number of hydrogen-bond acceptors (Lipinski definition) is 6. The fraction of sp³-hybridized carbons (Fsp3) is 0.357. The average Bonchev–Trinajstić information content (AvgIpc) is 2.88. The molecule has 2 rings (SSSR count). The summed E-state index contributed by atoms with van der Waals surface area (Å²) in [5.74, 6) is -0.398. The van der Waals surface area contributed by atoms with Gasteiger partial charge in [0, 0.05) is 0 Å². The number of fused-ring (bicyclic) bond motifs is 1. The van der Waals surface area contributed by atoms with Crippen molar-refractivity contribution in [2.45, 2.75) is 19.5 Å². The zero-order valence-corrected chi connectivity index (χ0v) is 12.9. The number of imide groups is 1. The predicted octanol–water partition coefficient (Wildman–Crippen LogP) is 2.00. The molecule has 0 bridgehead atoms. The number of carbonyl (C=O) groups is 2. The van der Waals surface area contributed by atoms with E-state index < -0.39 is 18.0 Å². The summed E-state index contributed by atoms with van der Waals surface area (Å²) in [6, 6.07) is 7.44. The normalized spacial score (nSPS) is 12.4. The van der Waals surface area contributed by atoms with Gasteiger partial charge in [-0.05, 0) is 26.1 Å². The van der Waals surface area contributed by atoms with E-state index in [4.69, 9.17) is 0 Å². The van der Waals surface area contributed by atoms with Crippen molar-refractivity contribution in [2.75, 3.05) is 14.2 Å². The largest absolute Gasteiger partial charge is 0.453 e. The van der Waals surface area contributed by atoms with Gasteiger partial charge in [0.25, 0.3) is 0 Å². The molecule has 0 aliphatic heterocycles. The van der Waals surface area contributed by atoms with Crippen LogP contribution in [0.2, 0.25) is 0 Å². The maximum absolute atomic E-state index is 11.8. The van der Waals surface area contributed by atoms with Gasteiger partial charge in [0.1, 0.15) is 5.01 Å². The average molecular weight is 307 g/mol. The highest BCUT2D eigenvalue weighted by molar-refractivity contribution is 7.18. The minimum absolute atomic E-state index is 0.398. The molecule has 7 heteroatoms. The van der Waals surface area contributed by atoms with Crippen molar-refractivity contribution in [3.63, 3.8) is 0 Å². The number of aromatic nitrogens is 1. The number of para-hydroxylation sites is 1. The molecule has 2 amide bonds. The van der Waals surface area contributed by atoms with Crippen molar-refractivity contribution in [1.29, 1.82) is 0 Å². The van der Waals surface area contributed by atoms with E-state index in [1.54, 1.807) is 18.3 Å². The number of amides is 2. The summed E-state index contributed by atoms with van der Waals surface area (Å²) in [6.07, 6.45) is -0.750. The molecule has 112 valence electrons. The number of likely N-dealkylation sites (N-methyl/N-ethyl adjacent to an activating group) is 1. The van der Waals surface area contributed by atoms with E-state index in [9.17, 15) is 9.59 Å². The second-order valence-corrected chi connectivity index (χ2v) is 5.76. The van der Waals surface area contributed by atoms with Gasteiger partial charge in [-0.3, -0.25) is 15.0 Å². The monoisotopic (exact) mass is 307 g/mol. The first-order valence-corrected chi connectivity index (χ1v) is 7.26. The quantitative estimate of drug-likeness (QED) is 0.935. The van der Waals surface area contributed by atoms with E-state index >= 15 is 0 Å². The first-order valence-electron chi connectivity index (χ1n) is 6.44. The number of methoxy groups -OCH3 is 1. The number of nitrogens with zero attached hydrogens (tertiary/aromatic N) is 2. The van der Waals surface area contributed by atoms with E-state index in [0.717, 1.165) is 15.2 Å². The van der Waals surface area contributed by atoms with Crippen molar-refractivity contribution in [3.8, 4) is 0 Å². The van der Waals surface area contributed by atoms with E-state index in [1.807, 2.05) is 36.2 Å². The molecule has 0 spiro atoms. The smallest absolute Gasteiger partial charge is 0.413 e. The van der Waals surface area contributed by atoms with Crippen molar-refractivity contribution < 1.29 is 14.3 Å². The molecule has 1 atom stereocenters. The minimum Gasteiger partial charge on any atom is -0.453 e. The van der Waals surface area contributed by atoms with Crippen LogP contribution < -0.4 is 5.32 Å². The van der Waals surface area contributed by atoms with Gasteiger partial charge >= 0.3 is 6.09 Å². The highest BCUT2D eigenvalue weighted by atomic mass is 32.1. The van der Waals surface area contributed by atoms with Gasteiger partial charge in [0.05, 0.1) is 29.9 Å². The van der Waals surface area contributed by atoms with Crippen LogP contribution in [0.5, 0.6) is 0 Å². The molecule has 1 aromatic heterocycles. The molecule has 0 unspecified atom stereocenters. The van der Waals surface area contributed by atoms with E-state index in [-0.39, 0.29) is 0 Å². The SMILES string of the molecule is COC(=O)NC(=O)[C@H](C)N(C)Cc1nc2ccccc2s1. The van der Waals surface area contributed by atoms with Crippen LogP contribution in [0.3, 0.4) is 0 Å². The number of ether oxygens (including phenoxy) is 1. The minimum atomic E-state index is -0.750. The number of nitrogens with one attached hydrogen (secondary N) is 1. The molecule has 2 aromatic rings. The van der Waals surface area contributed by atoms with Crippen LogP contribution in [0.4, 0.5) is 4.79 Å². The molecule has 1 aromatic carbocycles. The second-order valence-electron chi connectivity index (χ2n) is 4.65. The van der Waals surface area contributed by atoms with Crippen LogP contribution in [0.1, 0.15) is 11.9 Å². The Balaban J connectivity index is 2.01. The topological polar surface area (TPSA) is 71.5 Å². The third-order valence-corrected chi connectivity index (χ3v) is 4.20. The lowest BCUT2D eigenvalue weighted by molar-refractivity contribution is -0.124. The van der Waals surface area contributed by atoms with E-state index in [1.165, 1.54) is 7.11 Å². The number of rotatable bonds is 4. The van der Waals surface area contributed by atoms with E-state index in [0.29, 0.717) is 6.54 Å². The van der Waals surface area contributed by atoms with Crippen LogP contribution >= 0.6 is 11.3 Å². The maximum Gasteiger partial charge on any atom is 0.413 e. The fourth-order valence-electron chi connectivity index (χ4n) is 1.79. The number of hydrogen-bond donors (Lipinski definition) is 1. The van der Waals surface area contributed by atoms with Crippen LogP contribution in [0.15, 0.2) is 24.3 Å².